The van der Waals surface area contributed by atoms with E-state index in [1.807, 2.05) is 36.2 Å². The zero-order valence-corrected chi connectivity index (χ0v) is 19.8. The number of carbonyl (C=O) groups excluding carboxylic acids is 2. The second kappa shape index (κ2) is 10.6. The Bertz CT molecular complexity index is 1030. The predicted molar refractivity (Wildman–Crippen MR) is 126 cm³/mol. The highest BCUT2D eigenvalue weighted by atomic mass is 32.2. The zero-order chi connectivity index (χ0) is 24.1. The van der Waals surface area contributed by atoms with E-state index in [4.69, 9.17) is 4.74 Å². The van der Waals surface area contributed by atoms with E-state index >= 15 is 0 Å². The fourth-order valence-electron chi connectivity index (χ4n) is 3.65. The van der Waals surface area contributed by atoms with Crippen molar-refractivity contribution in [2.75, 3.05) is 34.3 Å². The molecule has 0 bridgehead atoms. The van der Waals surface area contributed by atoms with Crippen molar-refractivity contribution in [3.63, 3.8) is 0 Å². The average Bonchev–Trinajstić information content (AvgIpc) is 3.19. The molecule has 3 rings (SSSR count). The van der Waals surface area contributed by atoms with E-state index in [-0.39, 0.29) is 18.0 Å². The van der Waals surface area contributed by atoms with Gasteiger partial charge in [-0.1, -0.05) is 18.7 Å². The number of ether oxygens (including phenoxy) is 1. The first kappa shape index (κ1) is 24.5. The van der Waals surface area contributed by atoms with Gasteiger partial charge in [0, 0.05) is 30.9 Å². The number of nitrogens with zero attached hydrogens (tertiary/aromatic N) is 4. The molecule has 0 radical (unpaired) electrons. The molecule has 1 N–H and O–H groups in total. The fourth-order valence-corrected chi connectivity index (χ4v) is 4.59. The van der Waals surface area contributed by atoms with E-state index in [9.17, 15) is 19.7 Å². The van der Waals surface area contributed by atoms with Crippen LogP contribution >= 0.6 is 11.8 Å². The summed E-state index contributed by atoms with van der Waals surface area (Å²) in [6.07, 6.45) is 0.616. The van der Waals surface area contributed by atoms with E-state index in [2.05, 4.69) is 10.3 Å². The van der Waals surface area contributed by atoms with Crippen LogP contribution in [0.1, 0.15) is 31.4 Å². The molecule has 176 valence electrons. The molecular weight excluding hydrogens is 446 g/mol. The van der Waals surface area contributed by atoms with Crippen molar-refractivity contribution in [3.8, 4) is 0 Å². The van der Waals surface area contributed by atoms with Crippen LogP contribution in [0.4, 0.5) is 5.69 Å². The molecule has 2 aliphatic rings. The highest BCUT2D eigenvalue weighted by molar-refractivity contribution is 8.16. The number of nitrogens with one attached hydrogen (secondary N) is 1. The maximum atomic E-state index is 12.8. The molecule has 2 aliphatic heterocycles. The Kier molecular flexibility index (Phi) is 7.88. The SMILES string of the molecule is CCC1=C(C(=O)OC)C(c2ccc([N+](=O)[O-])cc2)N2C(CC(=O)NCCN(C)C)=CSC2=N1. The Morgan fingerprint density at radius 3 is 2.58 bits per heavy atom. The van der Waals surface area contributed by atoms with Gasteiger partial charge in [0.1, 0.15) is 0 Å². The number of amidine groups is 1. The molecule has 2 heterocycles. The molecule has 33 heavy (non-hydrogen) atoms. The number of nitro groups is 1. The molecule has 1 aromatic rings. The monoisotopic (exact) mass is 473 g/mol. The first-order chi connectivity index (χ1) is 15.8. The minimum atomic E-state index is -0.614. The molecule has 1 aromatic carbocycles. The van der Waals surface area contributed by atoms with Crippen molar-refractivity contribution < 1.29 is 19.2 Å². The molecule has 11 heteroatoms. The summed E-state index contributed by atoms with van der Waals surface area (Å²) in [5, 5.41) is 16.5. The standard InChI is InChI=1S/C22H27N5O5S/c1-5-17-19(21(29)32-4)20(14-6-8-15(9-7-14)27(30)31)26-16(13-33-22(26)24-17)12-18(28)23-10-11-25(2)3/h6-9,13,20H,5,10-12H2,1-4H3,(H,23,28). The van der Waals surface area contributed by atoms with Crippen LogP contribution in [0.3, 0.4) is 0 Å². The predicted octanol–water partition coefficient (Wildman–Crippen LogP) is 2.80. The van der Waals surface area contributed by atoms with Gasteiger partial charge in [0.25, 0.3) is 5.69 Å². The molecule has 0 saturated heterocycles. The number of likely N-dealkylation sites (N-methyl/N-ethyl adjacent to an activating group) is 1. The highest BCUT2D eigenvalue weighted by Crippen LogP contribution is 2.45. The Hall–Kier alpha value is -3.18. The number of non-ortho nitro benzene ring substituents is 1. The lowest BCUT2D eigenvalue weighted by atomic mass is 9.92. The number of amides is 1. The summed E-state index contributed by atoms with van der Waals surface area (Å²) >= 11 is 1.38. The van der Waals surface area contributed by atoms with E-state index < -0.39 is 16.9 Å². The summed E-state index contributed by atoms with van der Waals surface area (Å²) in [5.74, 6) is -0.665. The third kappa shape index (κ3) is 5.42. The quantitative estimate of drug-likeness (QED) is 0.331. The van der Waals surface area contributed by atoms with Gasteiger partial charge in [-0.25, -0.2) is 9.79 Å². The molecule has 0 aliphatic carbocycles. The average molecular weight is 474 g/mol. The van der Waals surface area contributed by atoms with Gasteiger partial charge in [-0.3, -0.25) is 14.9 Å². The first-order valence-electron chi connectivity index (χ1n) is 10.5. The molecular formula is C22H27N5O5S. The van der Waals surface area contributed by atoms with Crippen LogP contribution in [0.2, 0.25) is 0 Å². The third-order valence-corrected chi connectivity index (χ3v) is 6.16. The van der Waals surface area contributed by atoms with Crippen molar-refractivity contribution in [3.05, 3.63) is 62.3 Å². The smallest absolute Gasteiger partial charge is 0.338 e. The van der Waals surface area contributed by atoms with Gasteiger partial charge in [-0.15, -0.1) is 0 Å². The normalized spacial score (nSPS) is 17.5. The van der Waals surface area contributed by atoms with Crippen LogP contribution < -0.4 is 5.32 Å². The van der Waals surface area contributed by atoms with E-state index in [0.717, 1.165) is 6.54 Å². The number of esters is 1. The van der Waals surface area contributed by atoms with E-state index in [0.29, 0.717) is 40.7 Å². The van der Waals surface area contributed by atoms with Gasteiger partial charge in [0.15, 0.2) is 5.17 Å². The van der Waals surface area contributed by atoms with Gasteiger partial charge >= 0.3 is 5.97 Å². The molecule has 1 unspecified atom stereocenters. The topological polar surface area (TPSA) is 117 Å². The number of rotatable bonds is 9. The number of hydrogen-bond acceptors (Lipinski definition) is 9. The van der Waals surface area contributed by atoms with Gasteiger partial charge in [0.05, 0.1) is 35.8 Å². The number of methoxy groups -OCH3 is 1. The largest absolute Gasteiger partial charge is 0.466 e. The molecule has 0 saturated carbocycles. The maximum Gasteiger partial charge on any atom is 0.338 e. The lowest BCUT2D eigenvalue weighted by Crippen LogP contribution is -2.38. The van der Waals surface area contributed by atoms with E-state index in [1.165, 1.54) is 31.0 Å². The van der Waals surface area contributed by atoms with Gasteiger partial charge in [0.2, 0.25) is 5.91 Å². The number of fused-ring (bicyclic) bond motifs is 1. The molecule has 0 aromatic heterocycles. The van der Waals surface area contributed by atoms with Crippen LogP contribution in [0, 0.1) is 10.1 Å². The number of aliphatic imine (C=N–C) groups is 1. The second-order valence-electron chi connectivity index (χ2n) is 7.78. The third-order valence-electron chi connectivity index (χ3n) is 5.27. The lowest BCUT2D eigenvalue weighted by Gasteiger charge is -2.36. The Labute approximate surface area is 196 Å². The number of carbonyl (C=O) groups is 2. The van der Waals surface area contributed by atoms with Crippen molar-refractivity contribution >= 4 is 34.5 Å². The summed E-state index contributed by atoms with van der Waals surface area (Å²) in [4.78, 5) is 44.5. The van der Waals surface area contributed by atoms with Crippen LogP contribution in [-0.2, 0) is 14.3 Å². The minimum absolute atomic E-state index is 0.0467. The van der Waals surface area contributed by atoms with Crippen LogP contribution in [-0.4, -0.2) is 66.1 Å². The first-order valence-corrected chi connectivity index (χ1v) is 11.4. The summed E-state index contributed by atoms with van der Waals surface area (Å²) in [6, 6.07) is 5.44. The fraction of sp³-hybridized carbons (Fsp3) is 0.409. The second-order valence-corrected chi connectivity index (χ2v) is 8.61. The van der Waals surface area contributed by atoms with Gasteiger partial charge in [-0.2, -0.15) is 0 Å². The number of hydrogen-bond donors (Lipinski definition) is 1. The highest BCUT2D eigenvalue weighted by Gasteiger charge is 2.41. The maximum absolute atomic E-state index is 12.8. The van der Waals surface area contributed by atoms with Crippen molar-refractivity contribution in [1.82, 2.24) is 15.1 Å². The number of benzene rings is 1. The van der Waals surface area contributed by atoms with Gasteiger partial charge in [-0.05, 0) is 43.6 Å². The summed E-state index contributed by atoms with van der Waals surface area (Å²) < 4.78 is 5.06. The number of allylic oxidation sites excluding steroid dienone is 1. The van der Waals surface area contributed by atoms with E-state index in [1.54, 1.807) is 12.1 Å². The van der Waals surface area contributed by atoms with Crippen molar-refractivity contribution in [2.45, 2.75) is 25.8 Å². The number of nitro benzene ring substituents is 1. The summed E-state index contributed by atoms with van der Waals surface area (Å²) in [7, 11) is 5.17. The number of thioether (sulfide) groups is 1. The van der Waals surface area contributed by atoms with Gasteiger partial charge < -0.3 is 19.9 Å². The summed E-state index contributed by atoms with van der Waals surface area (Å²) in [5.41, 5.74) is 2.27. The summed E-state index contributed by atoms with van der Waals surface area (Å²) in [6.45, 7) is 3.14. The lowest BCUT2D eigenvalue weighted by molar-refractivity contribution is -0.384. The van der Waals surface area contributed by atoms with Crippen molar-refractivity contribution in [1.29, 1.82) is 0 Å². The molecule has 1 atom stereocenters. The molecule has 0 fully saturated rings. The van der Waals surface area contributed by atoms with Crippen LogP contribution in [0.25, 0.3) is 0 Å². The Morgan fingerprint density at radius 1 is 1.30 bits per heavy atom. The van der Waals surface area contributed by atoms with Crippen LogP contribution in [0.15, 0.2) is 51.6 Å². The molecule has 0 spiro atoms. The van der Waals surface area contributed by atoms with Crippen LogP contribution in [0.5, 0.6) is 0 Å². The Balaban J connectivity index is 1.97. The Morgan fingerprint density at radius 2 is 2.00 bits per heavy atom. The van der Waals surface area contributed by atoms with Crippen molar-refractivity contribution in [2.24, 2.45) is 4.99 Å². The zero-order valence-electron chi connectivity index (χ0n) is 19.0. The molecule has 10 nitrogen and oxygen atoms in total. The minimum Gasteiger partial charge on any atom is -0.466 e. The molecule has 1 amide bonds.